The van der Waals surface area contributed by atoms with Crippen molar-refractivity contribution in [2.24, 2.45) is 0 Å². The van der Waals surface area contributed by atoms with Crippen LogP contribution in [0.1, 0.15) is 0 Å². The van der Waals surface area contributed by atoms with Crippen LogP contribution in [0.4, 0.5) is 0 Å². The first-order chi connectivity index (χ1) is 38.3. The average molecular weight is 997 g/mol. The van der Waals surface area contributed by atoms with E-state index in [1.54, 1.807) is 0 Å². The normalized spacial score (nSPS) is 12.2. The Morgan fingerprint density at radius 1 is 0.169 bits per heavy atom. The Hall–Kier alpha value is -9.94. The third kappa shape index (κ3) is 6.26. The molecule has 16 aromatic rings. The molecule has 0 aliphatic rings. The molecule has 16 rings (SSSR count). The van der Waals surface area contributed by atoms with Crippen LogP contribution >= 0.6 is 0 Å². The molecule has 4 aromatic heterocycles. The quantitative estimate of drug-likeness (QED) is 0.107. The second-order valence-electron chi connectivity index (χ2n) is 20.4. The van der Waals surface area contributed by atoms with Gasteiger partial charge in [-0.1, -0.05) is 218 Å². The summed E-state index contributed by atoms with van der Waals surface area (Å²) >= 11 is 0. The molecule has 0 aliphatic heterocycles. The number of benzene rings is 12. The molecule has 0 fully saturated rings. The summed E-state index contributed by atoms with van der Waals surface area (Å²) in [4.78, 5) is 0. The van der Waals surface area contributed by atoms with Crippen molar-refractivity contribution in [1.29, 1.82) is 0 Å². The zero-order valence-electron chi connectivity index (χ0n) is 42.0. The molecule has 0 N–H and O–H groups in total. The van der Waals surface area contributed by atoms with Gasteiger partial charge in [0.1, 0.15) is 0 Å². The van der Waals surface area contributed by atoms with Crippen molar-refractivity contribution in [2.75, 3.05) is 0 Å². The molecule has 4 heterocycles. The second-order valence-corrected chi connectivity index (χ2v) is 24.2. The molecule has 4 nitrogen and oxygen atoms in total. The summed E-state index contributed by atoms with van der Waals surface area (Å²) in [6.45, 7) is 0. The maximum absolute atomic E-state index is 2.99. The van der Waals surface area contributed by atoms with Gasteiger partial charge in [0.2, 0.25) is 0 Å². The first kappa shape index (κ1) is 43.5. The van der Waals surface area contributed by atoms with Crippen LogP contribution in [0, 0.1) is 0 Å². The van der Waals surface area contributed by atoms with E-state index in [1.807, 2.05) is 0 Å². The van der Waals surface area contributed by atoms with Gasteiger partial charge in [-0.15, -0.1) is 0 Å². The fourth-order valence-corrected chi connectivity index (χ4v) is 18.0. The Balaban J connectivity index is 0.928. The SMILES string of the molecule is c1ccc(-n2c3ccccc3c3ccc4c5ccccc5n(-c5ccc([Si](c6ccccc6)(c6ccccc6)c6ccc(-n7c8ccccc8c8ccc9c%10ccccc%10n(-c%10ccccc%10)c9c87)cc6)cc5)c4c32)cc1. The summed E-state index contributed by atoms with van der Waals surface area (Å²) < 4.78 is 9.96. The van der Waals surface area contributed by atoms with Gasteiger partial charge in [0.05, 0.1) is 44.1 Å². The van der Waals surface area contributed by atoms with Crippen LogP contribution < -0.4 is 20.7 Å². The van der Waals surface area contributed by atoms with E-state index in [0.29, 0.717) is 0 Å². The van der Waals surface area contributed by atoms with Crippen LogP contribution in [0.3, 0.4) is 0 Å². The summed E-state index contributed by atoms with van der Waals surface area (Å²) in [5.74, 6) is 0. The van der Waals surface area contributed by atoms with E-state index in [1.165, 1.54) is 108 Å². The Bertz CT molecular complexity index is 4620. The molecule has 0 saturated heterocycles. The summed E-state index contributed by atoms with van der Waals surface area (Å²) in [6.07, 6.45) is 0. The van der Waals surface area contributed by atoms with Gasteiger partial charge in [0, 0.05) is 65.8 Å². The Kier molecular flexibility index (Phi) is 9.62. The molecule has 0 saturated carbocycles. The first-order valence-corrected chi connectivity index (χ1v) is 28.6. The maximum Gasteiger partial charge on any atom is 0.179 e. The topological polar surface area (TPSA) is 19.7 Å². The van der Waals surface area contributed by atoms with E-state index in [4.69, 9.17) is 0 Å². The Morgan fingerprint density at radius 2 is 0.390 bits per heavy atom. The van der Waals surface area contributed by atoms with Gasteiger partial charge >= 0.3 is 0 Å². The molecule has 0 bridgehead atoms. The molecule has 12 aromatic carbocycles. The van der Waals surface area contributed by atoms with E-state index in [2.05, 4.69) is 309 Å². The number of hydrogen-bond acceptors (Lipinski definition) is 0. The fraction of sp³-hybridized carbons (Fsp3) is 0. The number of rotatable bonds is 8. The minimum Gasteiger partial charge on any atom is -0.307 e. The standard InChI is InChI=1S/C72H48N4Si/c1-5-21-49(22-6-1)73-65-33-17-13-29-57(65)61-45-47-63-59-31-15-19-35-67(59)75(71(63)69(61)73)51-37-41-55(42-38-51)77(53-25-9-3-10-26-53,54-27-11-4-12-28-54)56-43-39-52(40-44-56)76-68-36-20-16-32-60(68)64-48-46-62-58-30-14-18-34-66(58)74(70(62)72(64)76)50-23-7-2-8-24-50/h1-48H. The Labute approximate surface area is 445 Å². The lowest BCUT2D eigenvalue weighted by Gasteiger charge is -2.34. The summed E-state index contributed by atoms with van der Waals surface area (Å²) in [5, 5.41) is 15.2. The molecule has 5 heteroatoms. The molecule has 0 radical (unpaired) electrons. The van der Waals surface area contributed by atoms with Crippen LogP contribution in [0.5, 0.6) is 0 Å². The minimum absolute atomic E-state index is 1.13. The predicted octanol–water partition coefficient (Wildman–Crippen LogP) is 15.5. The monoisotopic (exact) mass is 996 g/mol. The smallest absolute Gasteiger partial charge is 0.179 e. The van der Waals surface area contributed by atoms with Crippen molar-refractivity contribution < 1.29 is 0 Å². The molecular weight excluding hydrogens is 949 g/mol. The zero-order valence-corrected chi connectivity index (χ0v) is 43.0. The van der Waals surface area contributed by atoms with Gasteiger partial charge in [0.25, 0.3) is 0 Å². The molecule has 0 aliphatic carbocycles. The first-order valence-electron chi connectivity index (χ1n) is 26.6. The van der Waals surface area contributed by atoms with Crippen molar-refractivity contribution >= 4 is 116 Å². The van der Waals surface area contributed by atoms with E-state index in [9.17, 15) is 0 Å². The van der Waals surface area contributed by atoms with E-state index >= 15 is 0 Å². The summed E-state index contributed by atoms with van der Waals surface area (Å²) in [7, 11) is -2.99. The fourth-order valence-electron chi connectivity index (χ4n) is 13.3. The van der Waals surface area contributed by atoms with Gasteiger partial charge in [-0.05, 0) is 93.5 Å². The van der Waals surface area contributed by atoms with E-state index in [0.717, 1.165) is 22.7 Å². The molecule has 360 valence electrons. The zero-order chi connectivity index (χ0) is 50.6. The van der Waals surface area contributed by atoms with Crippen molar-refractivity contribution in [1.82, 2.24) is 18.3 Å². The predicted molar refractivity (Wildman–Crippen MR) is 327 cm³/mol. The van der Waals surface area contributed by atoms with Crippen LogP contribution in [0.25, 0.3) is 110 Å². The largest absolute Gasteiger partial charge is 0.307 e. The highest BCUT2D eigenvalue weighted by Gasteiger charge is 2.41. The average Bonchev–Trinajstić information content (AvgIpc) is 4.37. The highest BCUT2D eigenvalue weighted by atomic mass is 28.3. The number of fused-ring (bicyclic) bond motifs is 14. The lowest BCUT2D eigenvalue weighted by atomic mass is 10.1. The lowest BCUT2D eigenvalue weighted by Crippen LogP contribution is -2.74. The van der Waals surface area contributed by atoms with E-state index in [-0.39, 0.29) is 0 Å². The van der Waals surface area contributed by atoms with Crippen LogP contribution in [0.15, 0.2) is 291 Å². The molecular formula is C72H48N4Si. The van der Waals surface area contributed by atoms with Gasteiger partial charge in [0.15, 0.2) is 8.07 Å². The van der Waals surface area contributed by atoms with Crippen molar-refractivity contribution in [2.45, 2.75) is 0 Å². The molecule has 77 heavy (non-hydrogen) atoms. The Morgan fingerprint density at radius 3 is 0.675 bits per heavy atom. The number of hydrogen-bond donors (Lipinski definition) is 0. The molecule has 0 atom stereocenters. The summed E-state index contributed by atoms with van der Waals surface area (Å²) in [5.41, 5.74) is 14.1. The second kappa shape index (κ2) is 17.0. The molecule has 0 amide bonds. The number of para-hydroxylation sites is 6. The van der Waals surface area contributed by atoms with Crippen LogP contribution in [0.2, 0.25) is 0 Å². The summed E-state index contributed by atoms with van der Waals surface area (Å²) in [6, 6.07) is 108. The van der Waals surface area contributed by atoms with Crippen LogP contribution in [-0.2, 0) is 0 Å². The highest BCUT2D eigenvalue weighted by molar-refractivity contribution is 7.19. The van der Waals surface area contributed by atoms with Crippen molar-refractivity contribution in [3.8, 4) is 22.7 Å². The third-order valence-corrected chi connectivity index (χ3v) is 21.3. The number of nitrogens with zero attached hydrogens (tertiary/aromatic N) is 4. The van der Waals surface area contributed by atoms with Crippen molar-refractivity contribution in [3.63, 3.8) is 0 Å². The maximum atomic E-state index is 2.51. The third-order valence-electron chi connectivity index (χ3n) is 16.5. The van der Waals surface area contributed by atoms with E-state index < -0.39 is 8.07 Å². The lowest BCUT2D eigenvalue weighted by molar-refractivity contribution is 1.15. The molecule has 0 spiro atoms. The highest BCUT2D eigenvalue weighted by Crippen LogP contribution is 2.43. The van der Waals surface area contributed by atoms with Gasteiger partial charge < -0.3 is 18.3 Å². The van der Waals surface area contributed by atoms with Gasteiger partial charge in [-0.2, -0.15) is 0 Å². The van der Waals surface area contributed by atoms with Crippen LogP contribution in [-0.4, -0.2) is 26.3 Å². The van der Waals surface area contributed by atoms with Crippen molar-refractivity contribution in [3.05, 3.63) is 291 Å². The molecule has 0 unspecified atom stereocenters. The van der Waals surface area contributed by atoms with Gasteiger partial charge in [-0.25, -0.2) is 0 Å². The van der Waals surface area contributed by atoms with Gasteiger partial charge in [-0.3, -0.25) is 0 Å². The number of aromatic nitrogens is 4. The minimum atomic E-state index is -2.99.